The molecule has 126 valence electrons. The molecule has 0 saturated heterocycles. The van der Waals surface area contributed by atoms with E-state index < -0.39 is 24.3 Å². The Kier molecular flexibility index (Phi) is 5.59. The summed E-state index contributed by atoms with van der Waals surface area (Å²) in [5.74, 6) is -2.16. The Hall–Kier alpha value is -2.81. The summed E-state index contributed by atoms with van der Waals surface area (Å²) in [4.78, 5) is 38.2. The van der Waals surface area contributed by atoms with E-state index in [9.17, 15) is 18.8 Å². The van der Waals surface area contributed by atoms with Crippen LogP contribution in [0.3, 0.4) is 0 Å². The highest BCUT2D eigenvalue weighted by Gasteiger charge is 2.15. The Balaban J connectivity index is 1.86. The second-order valence-corrected chi connectivity index (χ2v) is 5.67. The van der Waals surface area contributed by atoms with Crippen molar-refractivity contribution in [2.75, 3.05) is 17.2 Å². The smallest absolute Gasteiger partial charge is 0.358 e. The van der Waals surface area contributed by atoms with E-state index in [1.54, 1.807) is 6.92 Å². The Morgan fingerprint density at radius 3 is 2.71 bits per heavy atom. The van der Waals surface area contributed by atoms with Gasteiger partial charge in [-0.2, -0.15) is 0 Å². The molecule has 2 N–H and O–H groups in total. The minimum atomic E-state index is -0.798. The number of aromatic nitrogens is 1. The fourth-order valence-corrected chi connectivity index (χ4v) is 2.37. The predicted molar refractivity (Wildman–Crippen MR) is 86.5 cm³/mol. The summed E-state index contributed by atoms with van der Waals surface area (Å²) in [6.45, 7) is 2.38. The van der Waals surface area contributed by atoms with Gasteiger partial charge in [-0.05, 0) is 24.6 Å². The van der Waals surface area contributed by atoms with Crippen LogP contribution in [0, 0.1) is 12.7 Å². The fourth-order valence-electron chi connectivity index (χ4n) is 1.65. The molecule has 1 heterocycles. The highest BCUT2D eigenvalue weighted by atomic mass is 32.1. The molecular formula is C15H14FN3O4S. The van der Waals surface area contributed by atoms with E-state index in [1.807, 2.05) is 0 Å². The van der Waals surface area contributed by atoms with Gasteiger partial charge in [-0.1, -0.05) is 6.07 Å². The molecule has 0 aliphatic carbocycles. The van der Waals surface area contributed by atoms with Crippen molar-refractivity contribution in [1.29, 1.82) is 0 Å². The number of benzene rings is 1. The number of carbonyl (C=O) groups excluding carboxylic acids is 3. The van der Waals surface area contributed by atoms with Crippen LogP contribution in [0.4, 0.5) is 15.2 Å². The Morgan fingerprint density at radius 2 is 2.04 bits per heavy atom. The number of halogens is 1. The number of ether oxygens (including phenoxy) is 1. The van der Waals surface area contributed by atoms with Crippen molar-refractivity contribution in [3.8, 4) is 0 Å². The second-order valence-electron chi connectivity index (χ2n) is 4.81. The van der Waals surface area contributed by atoms with Crippen LogP contribution in [0.5, 0.6) is 0 Å². The first-order chi connectivity index (χ1) is 11.3. The predicted octanol–water partition coefficient (Wildman–Crippen LogP) is 2.34. The third-order valence-electron chi connectivity index (χ3n) is 2.79. The molecule has 1 aromatic carbocycles. The number of nitrogens with one attached hydrogen (secondary N) is 2. The van der Waals surface area contributed by atoms with Gasteiger partial charge < -0.3 is 15.4 Å². The van der Waals surface area contributed by atoms with Gasteiger partial charge in [0.05, 0.1) is 0 Å². The van der Waals surface area contributed by atoms with Gasteiger partial charge in [0.2, 0.25) is 5.91 Å². The van der Waals surface area contributed by atoms with E-state index in [0.717, 1.165) is 11.3 Å². The molecule has 1 aromatic heterocycles. The number of anilines is 2. The number of amides is 2. The molecule has 0 aliphatic rings. The van der Waals surface area contributed by atoms with E-state index in [4.69, 9.17) is 4.74 Å². The third-order valence-corrected chi connectivity index (χ3v) is 3.54. The molecule has 9 heteroatoms. The number of hydrogen-bond acceptors (Lipinski definition) is 6. The van der Waals surface area contributed by atoms with Crippen molar-refractivity contribution in [2.24, 2.45) is 0 Å². The minimum absolute atomic E-state index is 0.0158. The van der Waals surface area contributed by atoms with Crippen LogP contribution < -0.4 is 10.6 Å². The zero-order chi connectivity index (χ0) is 17.7. The first-order valence-electron chi connectivity index (χ1n) is 6.81. The Labute approximate surface area is 140 Å². The van der Waals surface area contributed by atoms with Crippen molar-refractivity contribution < 1.29 is 23.5 Å². The van der Waals surface area contributed by atoms with E-state index in [0.29, 0.717) is 5.56 Å². The second kappa shape index (κ2) is 7.64. The first kappa shape index (κ1) is 17.5. The Bertz CT molecular complexity index is 791. The number of thiazole rings is 1. The average Bonchev–Trinajstić information content (AvgIpc) is 2.96. The van der Waals surface area contributed by atoms with Crippen LogP contribution in [0.1, 0.15) is 23.0 Å². The Morgan fingerprint density at radius 1 is 1.29 bits per heavy atom. The molecule has 0 radical (unpaired) electrons. The molecular weight excluding hydrogens is 337 g/mol. The maximum atomic E-state index is 13.4. The normalized spacial score (nSPS) is 10.1. The van der Waals surface area contributed by atoms with Gasteiger partial charge in [0.25, 0.3) is 5.91 Å². The average molecular weight is 351 g/mol. The summed E-state index contributed by atoms with van der Waals surface area (Å²) in [5, 5.41) is 6.51. The highest BCUT2D eigenvalue weighted by Crippen LogP contribution is 2.16. The number of hydrogen-bond donors (Lipinski definition) is 2. The molecule has 2 rings (SSSR count). The SMILES string of the molecule is CC(=O)Nc1nc(C(=O)OCC(=O)Nc2ccc(C)c(F)c2)cs1. The van der Waals surface area contributed by atoms with Crippen LogP contribution in [-0.4, -0.2) is 29.4 Å². The quantitative estimate of drug-likeness (QED) is 0.806. The zero-order valence-corrected chi connectivity index (χ0v) is 13.7. The van der Waals surface area contributed by atoms with Gasteiger partial charge in [0, 0.05) is 18.0 Å². The zero-order valence-electron chi connectivity index (χ0n) is 12.9. The summed E-state index contributed by atoms with van der Waals surface area (Å²) >= 11 is 1.06. The summed E-state index contributed by atoms with van der Waals surface area (Å²) in [6.07, 6.45) is 0. The van der Waals surface area contributed by atoms with Crippen LogP contribution in [0.15, 0.2) is 23.6 Å². The lowest BCUT2D eigenvalue weighted by molar-refractivity contribution is -0.119. The number of carbonyl (C=O) groups is 3. The molecule has 0 atom stereocenters. The molecule has 0 fully saturated rings. The van der Waals surface area contributed by atoms with Crippen molar-refractivity contribution in [2.45, 2.75) is 13.8 Å². The number of esters is 1. The van der Waals surface area contributed by atoms with E-state index in [2.05, 4.69) is 15.6 Å². The van der Waals surface area contributed by atoms with E-state index >= 15 is 0 Å². The topological polar surface area (TPSA) is 97.4 Å². The summed E-state index contributed by atoms with van der Waals surface area (Å²) in [6, 6.07) is 4.24. The molecule has 2 aromatic rings. The fraction of sp³-hybridized carbons (Fsp3) is 0.200. The lowest BCUT2D eigenvalue weighted by Gasteiger charge is -2.06. The van der Waals surface area contributed by atoms with E-state index in [-0.39, 0.29) is 22.4 Å². The van der Waals surface area contributed by atoms with Crippen molar-refractivity contribution in [1.82, 2.24) is 4.98 Å². The molecule has 2 amide bonds. The van der Waals surface area contributed by atoms with Crippen molar-refractivity contribution >= 4 is 39.9 Å². The summed E-state index contributed by atoms with van der Waals surface area (Å²) in [7, 11) is 0. The monoisotopic (exact) mass is 351 g/mol. The first-order valence-corrected chi connectivity index (χ1v) is 7.69. The van der Waals surface area contributed by atoms with Crippen LogP contribution in [-0.2, 0) is 14.3 Å². The lowest BCUT2D eigenvalue weighted by atomic mass is 10.2. The van der Waals surface area contributed by atoms with Gasteiger partial charge in [0.1, 0.15) is 5.82 Å². The molecule has 0 unspecified atom stereocenters. The van der Waals surface area contributed by atoms with Gasteiger partial charge in [-0.3, -0.25) is 9.59 Å². The van der Waals surface area contributed by atoms with Crippen molar-refractivity contribution in [3.05, 3.63) is 40.7 Å². The molecule has 0 spiro atoms. The molecule has 0 saturated carbocycles. The minimum Gasteiger partial charge on any atom is -0.451 e. The molecule has 7 nitrogen and oxygen atoms in total. The molecule has 0 bridgehead atoms. The van der Waals surface area contributed by atoms with Crippen LogP contribution >= 0.6 is 11.3 Å². The van der Waals surface area contributed by atoms with Gasteiger partial charge >= 0.3 is 5.97 Å². The standard InChI is InChI=1S/C15H14FN3O4S/c1-8-3-4-10(5-11(8)16)18-13(21)6-23-14(22)12-7-24-15(19-12)17-9(2)20/h3-5,7H,6H2,1-2H3,(H,18,21)(H,17,19,20). The third kappa shape index (κ3) is 4.85. The van der Waals surface area contributed by atoms with Crippen molar-refractivity contribution in [3.63, 3.8) is 0 Å². The number of rotatable bonds is 5. The largest absolute Gasteiger partial charge is 0.451 e. The highest BCUT2D eigenvalue weighted by molar-refractivity contribution is 7.14. The van der Waals surface area contributed by atoms with Crippen LogP contribution in [0.2, 0.25) is 0 Å². The van der Waals surface area contributed by atoms with E-state index in [1.165, 1.54) is 30.5 Å². The molecule has 0 aliphatic heterocycles. The summed E-state index contributed by atoms with van der Waals surface area (Å²) in [5.41, 5.74) is 0.705. The maximum absolute atomic E-state index is 13.4. The van der Waals surface area contributed by atoms with Gasteiger partial charge in [-0.25, -0.2) is 14.2 Å². The molecule has 24 heavy (non-hydrogen) atoms. The lowest BCUT2D eigenvalue weighted by Crippen LogP contribution is -2.21. The summed E-state index contributed by atoms with van der Waals surface area (Å²) < 4.78 is 18.2. The number of aryl methyl sites for hydroxylation is 1. The number of nitrogens with zero attached hydrogens (tertiary/aromatic N) is 1. The maximum Gasteiger partial charge on any atom is 0.358 e. The van der Waals surface area contributed by atoms with Crippen LogP contribution in [0.25, 0.3) is 0 Å². The van der Waals surface area contributed by atoms with Gasteiger partial charge in [-0.15, -0.1) is 11.3 Å². The van der Waals surface area contributed by atoms with Gasteiger partial charge in [0.15, 0.2) is 17.4 Å².